The molecule has 0 bridgehead atoms. The van der Waals surface area contributed by atoms with Crippen LogP contribution in [0.25, 0.3) is 11.4 Å². The van der Waals surface area contributed by atoms with Crippen molar-refractivity contribution in [3.63, 3.8) is 0 Å². The third kappa shape index (κ3) is 3.07. The van der Waals surface area contributed by atoms with Gasteiger partial charge in [0.1, 0.15) is 5.82 Å². The lowest BCUT2D eigenvalue weighted by molar-refractivity contribution is 0.366. The van der Waals surface area contributed by atoms with Crippen molar-refractivity contribution in [3.8, 4) is 11.4 Å². The summed E-state index contributed by atoms with van der Waals surface area (Å²) >= 11 is 5.75. The molecule has 0 atom stereocenters. The Morgan fingerprint density at radius 1 is 1.29 bits per heavy atom. The molecule has 2 rings (SSSR count). The topological polar surface area (TPSA) is 90.9 Å². The summed E-state index contributed by atoms with van der Waals surface area (Å²) in [7, 11) is -4.04. The first-order valence-corrected chi connectivity index (χ1v) is 7.88. The lowest BCUT2D eigenvalue weighted by Gasteiger charge is -2.24. The fourth-order valence-corrected chi connectivity index (χ4v) is 2.83. The van der Waals surface area contributed by atoms with Crippen molar-refractivity contribution in [3.05, 3.63) is 29.0 Å². The Labute approximate surface area is 126 Å². The zero-order valence-electron chi connectivity index (χ0n) is 11.6. The molecule has 21 heavy (non-hydrogen) atoms. The van der Waals surface area contributed by atoms with Crippen LogP contribution in [0.4, 0.5) is 4.39 Å². The summed E-state index contributed by atoms with van der Waals surface area (Å²) in [4.78, 5) is 0. The molecule has 0 unspecified atom stereocenters. The van der Waals surface area contributed by atoms with Gasteiger partial charge in [0.15, 0.2) is 5.82 Å². The van der Waals surface area contributed by atoms with Crippen LogP contribution >= 0.6 is 11.6 Å². The molecule has 6 nitrogen and oxygen atoms in total. The first kappa shape index (κ1) is 15.9. The van der Waals surface area contributed by atoms with Gasteiger partial charge in [0, 0.05) is 11.1 Å². The van der Waals surface area contributed by atoms with Gasteiger partial charge in [0.25, 0.3) is 15.2 Å². The van der Waals surface area contributed by atoms with E-state index in [0.717, 1.165) is 0 Å². The van der Waals surface area contributed by atoms with Gasteiger partial charge in [-0.3, -0.25) is 4.57 Å². The average Bonchev–Trinajstić information content (AvgIpc) is 2.76. The SMILES string of the molecule is CC(C)(C)n1c(-c2ccc(F)c(Cl)c2)nnc1S(N)(=O)=O. The zero-order chi connectivity index (χ0) is 16.0. The summed E-state index contributed by atoms with van der Waals surface area (Å²) < 4.78 is 37.9. The maximum absolute atomic E-state index is 13.3. The number of sulfonamides is 1. The van der Waals surface area contributed by atoms with E-state index in [1.807, 2.05) is 0 Å². The van der Waals surface area contributed by atoms with Crippen molar-refractivity contribution in [2.24, 2.45) is 5.14 Å². The van der Waals surface area contributed by atoms with Gasteiger partial charge in [-0.15, -0.1) is 10.2 Å². The minimum absolute atomic E-state index is 0.0897. The van der Waals surface area contributed by atoms with E-state index in [2.05, 4.69) is 10.2 Å². The lowest BCUT2D eigenvalue weighted by atomic mass is 10.1. The maximum Gasteiger partial charge on any atom is 0.273 e. The summed E-state index contributed by atoms with van der Waals surface area (Å²) in [6.07, 6.45) is 0. The number of nitrogens with two attached hydrogens (primary N) is 1. The van der Waals surface area contributed by atoms with E-state index in [4.69, 9.17) is 16.7 Å². The number of primary sulfonamides is 1. The Hall–Kier alpha value is -1.51. The molecule has 114 valence electrons. The second-order valence-electron chi connectivity index (χ2n) is 5.49. The van der Waals surface area contributed by atoms with E-state index in [9.17, 15) is 12.8 Å². The van der Waals surface area contributed by atoms with Crippen LogP contribution in [0.3, 0.4) is 0 Å². The van der Waals surface area contributed by atoms with Crippen molar-refractivity contribution in [2.75, 3.05) is 0 Å². The molecule has 0 saturated carbocycles. The summed E-state index contributed by atoms with van der Waals surface area (Å²) in [5.74, 6) is -0.331. The monoisotopic (exact) mass is 332 g/mol. The van der Waals surface area contributed by atoms with Gasteiger partial charge < -0.3 is 0 Å². The number of hydrogen-bond donors (Lipinski definition) is 1. The molecule has 0 fully saturated rings. The molecule has 0 aliphatic heterocycles. The summed E-state index contributed by atoms with van der Waals surface area (Å²) in [5.41, 5.74) is -0.208. The Bertz CT molecular complexity index is 796. The fourth-order valence-electron chi connectivity index (χ4n) is 1.88. The number of nitrogens with zero attached hydrogens (tertiary/aromatic N) is 3. The highest BCUT2D eigenvalue weighted by molar-refractivity contribution is 7.89. The highest BCUT2D eigenvalue weighted by atomic mass is 35.5. The first-order chi connectivity index (χ1) is 9.51. The van der Waals surface area contributed by atoms with Crippen LogP contribution in [0.2, 0.25) is 5.02 Å². The second-order valence-corrected chi connectivity index (χ2v) is 7.35. The Balaban J connectivity index is 2.76. The maximum atomic E-state index is 13.3. The van der Waals surface area contributed by atoms with Crippen LogP contribution in [0.1, 0.15) is 20.8 Å². The molecule has 1 aromatic carbocycles. The van der Waals surface area contributed by atoms with Gasteiger partial charge in [-0.1, -0.05) is 11.6 Å². The molecule has 0 aliphatic rings. The van der Waals surface area contributed by atoms with Crippen molar-refractivity contribution in [1.82, 2.24) is 14.8 Å². The van der Waals surface area contributed by atoms with Gasteiger partial charge in [-0.05, 0) is 39.0 Å². The molecule has 0 spiro atoms. The number of hydrogen-bond acceptors (Lipinski definition) is 4. The van der Waals surface area contributed by atoms with E-state index in [-0.39, 0.29) is 16.0 Å². The molecule has 0 amide bonds. The molecule has 2 N–H and O–H groups in total. The van der Waals surface area contributed by atoms with Crippen molar-refractivity contribution in [1.29, 1.82) is 0 Å². The van der Waals surface area contributed by atoms with Crippen LogP contribution in [0.5, 0.6) is 0 Å². The molecule has 0 radical (unpaired) electrons. The largest absolute Gasteiger partial charge is 0.291 e. The predicted octanol–water partition coefficient (Wildman–Crippen LogP) is 2.14. The van der Waals surface area contributed by atoms with Crippen LogP contribution in [-0.4, -0.2) is 23.2 Å². The molecule has 0 aliphatic carbocycles. The quantitative estimate of drug-likeness (QED) is 0.912. The normalized spacial score (nSPS) is 12.7. The Kier molecular flexibility index (Phi) is 3.81. The highest BCUT2D eigenvalue weighted by Gasteiger charge is 2.29. The molecule has 2 aromatic rings. The van der Waals surface area contributed by atoms with Gasteiger partial charge in [-0.2, -0.15) is 0 Å². The molecule has 1 heterocycles. The smallest absolute Gasteiger partial charge is 0.273 e. The van der Waals surface area contributed by atoms with Crippen molar-refractivity contribution < 1.29 is 12.8 Å². The molecule has 1 aromatic heterocycles. The van der Waals surface area contributed by atoms with Crippen LogP contribution in [0.15, 0.2) is 23.4 Å². The van der Waals surface area contributed by atoms with Gasteiger partial charge in [-0.25, -0.2) is 17.9 Å². The van der Waals surface area contributed by atoms with E-state index in [1.54, 1.807) is 20.8 Å². The Morgan fingerprint density at radius 3 is 2.38 bits per heavy atom. The number of aromatic nitrogens is 3. The van der Waals surface area contributed by atoms with E-state index in [0.29, 0.717) is 5.56 Å². The Morgan fingerprint density at radius 2 is 1.90 bits per heavy atom. The number of halogens is 2. The fraction of sp³-hybridized carbons (Fsp3) is 0.333. The summed E-state index contributed by atoms with van der Waals surface area (Å²) in [6.45, 7) is 5.33. The second kappa shape index (κ2) is 5.04. The van der Waals surface area contributed by atoms with Crippen LogP contribution < -0.4 is 5.14 Å². The van der Waals surface area contributed by atoms with E-state index >= 15 is 0 Å². The lowest BCUT2D eigenvalue weighted by Crippen LogP contribution is -2.29. The average molecular weight is 333 g/mol. The van der Waals surface area contributed by atoms with Gasteiger partial charge in [0.05, 0.1) is 5.02 Å². The zero-order valence-corrected chi connectivity index (χ0v) is 13.2. The minimum Gasteiger partial charge on any atom is -0.291 e. The number of rotatable bonds is 2. The van der Waals surface area contributed by atoms with Crippen molar-refractivity contribution >= 4 is 21.6 Å². The third-order valence-electron chi connectivity index (χ3n) is 2.74. The van der Waals surface area contributed by atoms with Gasteiger partial charge >= 0.3 is 0 Å². The minimum atomic E-state index is -4.04. The molecule has 9 heteroatoms. The van der Waals surface area contributed by atoms with Crippen LogP contribution in [-0.2, 0) is 15.6 Å². The standard InChI is InChI=1S/C12H14ClFN4O2S/c1-12(2,3)18-10(16-17-11(18)21(15,19)20)7-4-5-9(14)8(13)6-7/h4-6H,1-3H3,(H2,15,19,20). The van der Waals surface area contributed by atoms with E-state index in [1.165, 1.54) is 22.8 Å². The number of benzene rings is 1. The summed E-state index contributed by atoms with van der Waals surface area (Å²) in [6, 6.07) is 3.98. The highest BCUT2D eigenvalue weighted by Crippen LogP contribution is 2.29. The van der Waals surface area contributed by atoms with Gasteiger partial charge in [0.2, 0.25) is 0 Å². The van der Waals surface area contributed by atoms with E-state index < -0.39 is 21.4 Å². The molecule has 0 saturated heterocycles. The predicted molar refractivity (Wildman–Crippen MR) is 76.8 cm³/mol. The molecular formula is C12H14ClFN4O2S. The van der Waals surface area contributed by atoms with Crippen LogP contribution in [0, 0.1) is 5.82 Å². The summed E-state index contributed by atoms with van der Waals surface area (Å²) in [5, 5.41) is 12.2. The third-order valence-corrected chi connectivity index (χ3v) is 3.80. The molecular weight excluding hydrogens is 319 g/mol. The van der Waals surface area contributed by atoms with Crippen molar-refractivity contribution in [2.45, 2.75) is 31.5 Å². The first-order valence-electron chi connectivity index (χ1n) is 5.96.